The van der Waals surface area contributed by atoms with E-state index in [2.05, 4.69) is 27.2 Å². The third-order valence-corrected chi connectivity index (χ3v) is 5.35. The number of piperazine rings is 1. The summed E-state index contributed by atoms with van der Waals surface area (Å²) in [5, 5.41) is 2.99. The Kier molecular flexibility index (Phi) is 5.14. The van der Waals surface area contributed by atoms with Crippen LogP contribution in [0.25, 0.3) is 0 Å². The summed E-state index contributed by atoms with van der Waals surface area (Å²) in [7, 11) is 0. The van der Waals surface area contributed by atoms with Gasteiger partial charge in [0.2, 0.25) is 0 Å². The van der Waals surface area contributed by atoms with Crippen LogP contribution in [0, 0.1) is 5.82 Å². The molecule has 5 nitrogen and oxygen atoms in total. The van der Waals surface area contributed by atoms with Crippen molar-refractivity contribution in [2.24, 2.45) is 0 Å². The Balaban J connectivity index is 1.29. The molecule has 0 aromatic heterocycles. The maximum atomic E-state index is 13.1. The minimum absolute atomic E-state index is 0.0670. The number of hydrogen-bond donors (Lipinski definition) is 1. The molecule has 2 amide bonds. The molecule has 0 aliphatic carbocycles. The molecule has 0 saturated carbocycles. The number of anilines is 3. The fraction of sp³-hybridized carbons (Fsp3) is 0.381. The summed E-state index contributed by atoms with van der Waals surface area (Å²) >= 11 is 0. The zero-order valence-corrected chi connectivity index (χ0v) is 15.4. The fourth-order valence-electron chi connectivity index (χ4n) is 3.75. The number of nitrogens with one attached hydrogen (secondary N) is 1. The molecule has 2 fully saturated rings. The van der Waals surface area contributed by atoms with Gasteiger partial charge in [0.05, 0.1) is 0 Å². The van der Waals surface area contributed by atoms with Crippen LogP contribution in [-0.2, 0) is 0 Å². The van der Waals surface area contributed by atoms with Crippen molar-refractivity contribution in [2.45, 2.75) is 12.8 Å². The summed E-state index contributed by atoms with van der Waals surface area (Å²) in [6.45, 7) is 5.01. The Morgan fingerprint density at radius 2 is 1.26 bits per heavy atom. The molecule has 6 heteroatoms. The fourth-order valence-corrected chi connectivity index (χ4v) is 3.75. The topological polar surface area (TPSA) is 38.8 Å². The molecule has 0 spiro atoms. The average Bonchev–Trinajstić information content (AvgIpc) is 3.24. The summed E-state index contributed by atoms with van der Waals surface area (Å²) in [5.74, 6) is -0.229. The second-order valence-electron chi connectivity index (χ2n) is 7.12. The van der Waals surface area contributed by atoms with Gasteiger partial charge in [-0.2, -0.15) is 0 Å². The zero-order valence-electron chi connectivity index (χ0n) is 15.4. The maximum Gasteiger partial charge on any atom is 0.321 e. The van der Waals surface area contributed by atoms with Gasteiger partial charge in [-0.3, -0.25) is 0 Å². The first-order chi connectivity index (χ1) is 13.2. The lowest BCUT2D eigenvalue weighted by atomic mass is 10.2. The Morgan fingerprint density at radius 3 is 1.85 bits per heavy atom. The molecular formula is C21H25FN4O. The van der Waals surface area contributed by atoms with E-state index in [0.717, 1.165) is 37.6 Å². The first kappa shape index (κ1) is 17.6. The highest BCUT2D eigenvalue weighted by Gasteiger charge is 2.21. The highest BCUT2D eigenvalue weighted by molar-refractivity contribution is 5.89. The van der Waals surface area contributed by atoms with Crippen molar-refractivity contribution in [1.29, 1.82) is 0 Å². The normalized spacial score (nSPS) is 17.3. The molecule has 0 unspecified atom stereocenters. The minimum atomic E-state index is -0.229. The van der Waals surface area contributed by atoms with Gasteiger partial charge < -0.3 is 20.0 Å². The highest BCUT2D eigenvalue weighted by Crippen LogP contribution is 2.22. The number of carbonyl (C=O) groups is 1. The molecule has 27 heavy (non-hydrogen) atoms. The van der Waals surface area contributed by atoms with E-state index >= 15 is 0 Å². The van der Waals surface area contributed by atoms with Crippen molar-refractivity contribution in [2.75, 3.05) is 54.4 Å². The molecule has 2 saturated heterocycles. The van der Waals surface area contributed by atoms with Gasteiger partial charge in [0, 0.05) is 56.3 Å². The van der Waals surface area contributed by atoms with E-state index in [1.165, 1.54) is 30.7 Å². The van der Waals surface area contributed by atoms with Gasteiger partial charge in [-0.1, -0.05) is 0 Å². The Labute approximate surface area is 159 Å². The smallest absolute Gasteiger partial charge is 0.321 e. The van der Waals surface area contributed by atoms with Crippen molar-refractivity contribution in [3.8, 4) is 0 Å². The van der Waals surface area contributed by atoms with E-state index in [-0.39, 0.29) is 11.8 Å². The number of halogens is 1. The van der Waals surface area contributed by atoms with Gasteiger partial charge in [0.15, 0.2) is 0 Å². The lowest BCUT2D eigenvalue weighted by Crippen LogP contribution is -2.50. The molecule has 4 rings (SSSR count). The van der Waals surface area contributed by atoms with Crippen molar-refractivity contribution in [3.05, 3.63) is 54.3 Å². The van der Waals surface area contributed by atoms with Gasteiger partial charge in [0.25, 0.3) is 0 Å². The standard InChI is InChI=1S/C21H25FN4O/c22-17-3-7-19(8-4-17)25-13-15-26(16-14-25)21(27)23-18-5-9-20(10-6-18)24-11-1-2-12-24/h3-10H,1-2,11-16H2,(H,23,27). The molecule has 1 N–H and O–H groups in total. The van der Waals surface area contributed by atoms with Crippen LogP contribution in [0.5, 0.6) is 0 Å². The third kappa shape index (κ3) is 4.15. The molecule has 142 valence electrons. The largest absolute Gasteiger partial charge is 0.372 e. The van der Waals surface area contributed by atoms with Crippen LogP contribution in [0.4, 0.5) is 26.2 Å². The van der Waals surface area contributed by atoms with Crippen molar-refractivity contribution < 1.29 is 9.18 Å². The predicted molar refractivity (Wildman–Crippen MR) is 107 cm³/mol. The minimum Gasteiger partial charge on any atom is -0.372 e. The quantitative estimate of drug-likeness (QED) is 0.896. The number of hydrogen-bond acceptors (Lipinski definition) is 3. The van der Waals surface area contributed by atoms with Crippen LogP contribution in [0.3, 0.4) is 0 Å². The summed E-state index contributed by atoms with van der Waals surface area (Å²) < 4.78 is 13.1. The van der Waals surface area contributed by atoms with E-state index in [4.69, 9.17) is 0 Å². The van der Waals surface area contributed by atoms with Gasteiger partial charge in [0.1, 0.15) is 5.82 Å². The molecule has 2 aromatic rings. The number of urea groups is 1. The molecule has 0 atom stereocenters. The highest BCUT2D eigenvalue weighted by atomic mass is 19.1. The molecule has 2 aromatic carbocycles. The van der Waals surface area contributed by atoms with Crippen LogP contribution in [0.15, 0.2) is 48.5 Å². The third-order valence-electron chi connectivity index (χ3n) is 5.35. The summed E-state index contributed by atoms with van der Waals surface area (Å²) in [5.41, 5.74) is 3.04. The summed E-state index contributed by atoms with van der Waals surface area (Å²) in [6.07, 6.45) is 2.50. The number of carbonyl (C=O) groups excluding carboxylic acids is 1. The van der Waals surface area contributed by atoms with E-state index in [0.29, 0.717) is 13.1 Å². The van der Waals surface area contributed by atoms with Gasteiger partial charge in [-0.05, 0) is 61.4 Å². The second kappa shape index (κ2) is 7.86. The van der Waals surface area contributed by atoms with Gasteiger partial charge in [-0.25, -0.2) is 9.18 Å². The lowest BCUT2D eigenvalue weighted by molar-refractivity contribution is 0.208. The first-order valence-corrected chi connectivity index (χ1v) is 9.60. The SMILES string of the molecule is O=C(Nc1ccc(N2CCCC2)cc1)N1CCN(c2ccc(F)cc2)CC1. The van der Waals surface area contributed by atoms with E-state index in [9.17, 15) is 9.18 Å². The maximum absolute atomic E-state index is 13.1. The van der Waals surface area contributed by atoms with Crippen molar-refractivity contribution in [1.82, 2.24) is 4.90 Å². The van der Waals surface area contributed by atoms with E-state index in [1.54, 1.807) is 12.1 Å². The Hall–Kier alpha value is -2.76. The zero-order chi connectivity index (χ0) is 18.6. The van der Waals surface area contributed by atoms with E-state index in [1.807, 2.05) is 17.0 Å². The van der Waals surface area contributed by atoms with Crippen LogP contribution < -0.4 is 15.1 Å². The van der Waals surface area contributed by atoms with Gasteiger partial charge in [-0.15, -0.1) is 0 Å². The Bertz CT molecular complexity index is 764. The summed E-state index contributed by atoms with van der Waals surface area (Å²) in [6, 6.07) is 14.5. The van der Waals surface area contributed by atoms with Crippen LogP contribution in [-0.4, -0.2) is 50.2 Å². The number of amides is 2. The Morgan fingerprint density at radius 1 is 0.741 bits per heavy atom. The molecular weight excluding hydrogens is 343 g/mol. The van der Waals surface area contributed by atoms with Crippen LogP contribution >= 0.6 is 0 Å². The van der Waals surface area contributed by atoms with Gasteiger partial charge >= 0.3 is 6.03 Å². The average molecular weight is 368 g/mol. The number of benzene rings is 2. The predicted octanol–water partition coefficient (Wildman–Crippen LogP) is 3.78. The van der Waals surface area contributed by atoms with Crippen molar-refractivity contribution >= 4 is 23.1 Å². The molecule has 0 radical (unpaired) electrons. The number of rotatable bonds is 3. The molecule has 2 aliphatic heterocycles. The monoisotopic (exact) mass is 368 g/mol. The lowest BCUT2D eigenvalue weighted by Gasteiger charge is -2.36. The second-order valence-corrected chi connectivity index (χ2v) is 7.12. The number of nitrogens with zero attached hydrogens (tertiary/aromatic N) is 3. The molecule has 0 bridgehead atoms. The first-order valence-electron chi connectivity index (χ1n) is 9.60. The van der Waals surface area contributed by atoms with Crippen molar-refractivity contribution in [3.63, 3.8) is 0 Å². The summed E-state index contributed by atoms with van der Waals surface area (Å²) in [4.78, 5) is 18.9. The molecule has 2 heterocycles. The van der Waals surface area contributed by atoms with Crippen LogP contribution in [0.2, 0.25) is 0 Å². The van der Waals surface area contributed by atoms with E-state index < -0.39 is 0 Å². The van der Waals surface area contributed by atoms with Crippen LogP contribution in [0.1, 0.15) is 12.8 Å². The molecule has 2 aliphatic rings.